The Labute approximate surface area is 111 Å². The summed E-state index contributed by atoms with van der Waals surface area (Å²) in [4.78, 5) is 11.5. The Morgan fingerprint density at radius 1 is 1.50 bits per heavy atom. The highest BCUT2D eigenvalue weighted by Gasteiger charge is 2.06. The van der Waals surface area contributed by atoms with Gasteiger partial charge in [0.25, 0.3) is 0 Å². The van der Waals surface area contributed by atoms with Crippen molar-refractivity contribution < 1.29 is 13.9 Å². The fraction of sp³-hybridized carbons (Fsp3) is 0.462. The maximum Gasteiger partial charge on any atom is 0.306 e. The number of hydrogen-bond donors (Lipinski definition) is 1. The molecule has 0 atom stereocenters. The third kappa shape index (κ3) is 5.06. The smallest absolute Gasteiger partial charge is 0.306 e. The van der Waals surface area contributed by atoms with Crippen molar-refractivity contribution in [2.75, 3.05) is 19.4 Å². The lowest BCUT2D eigenvalue weighted by Crippen LogP contribution is -2.11. The van der Waals surface area contributed by atoms with E-state index in [-0.39, 0.29) is 11.8 Å². The molecule has 0 spiro atoms. The SMILES string of the molecule is CCNCc1ccc(SCCC(=O)OC)c(F)c1. The molecule has 0 aliphatic rings. The number of benzene rings is 1. The first-order valence-corrected chi connectivity index (χ1v) is 6.84. The molecule has 1 aromatic rings. The van der Waals surface area contributed by atoms with E-state index in [0.29, 0.717) is 23.6 Å². The summed E-state index contributed by atoms with van der Waals surface area (Å²) in [5.41, 5.74) is 0.923. The van der Waals surface area contributed by atoms with Crippen LogP contribution in [-0.2, 0) is 16.1 Å². The van der Waals surface area contributed by atoms with Crippen molar-refractivity contribution in [2.45, 2.75) is 24.8 Å². The van der Waals surface area contributed by atoms with Gasteiger partial charge in [-0.1, -0.05) is 13.0 Å². The van der Waals surface area contributed by atoms with E-state index >= 15 is 0 Å². The number of ether oxygens (including phenoxy) is 1. The van der Waals surface area contributed by atoms with Crippen molar-refractivity contribution in [3.63, 3.8) is 0 Å². The number of carbonyl (C=O) groups excluding carboxylic acids is 1. The van der Waals surface area contributed by atoms with Crippen LogP contribution in [0.4, 0.5) is 4.39 Å². The molecule has 0 amide bonds. The molecule has 0 aliphatic carbocycles. The summed E-state index contributed by atoms with van der Waals surface area (Å²) in [5, 5.41) is 3.14. The molecule has 0 fully saturated rings. The molecule has 1 aromatic carbocycles. The fourth-order valence-corrected chi connectivity index (χ4v) is 2.24. The second-order valence-electron chi connectivity index (χ2n) is 3.72. The summed E-state index contributed by atoms with van der Waals surface area (Å²) < 4.78 is 18.2. The van der Waals surface area contributed by atoms with E-state index in [4.69, 9.17) is 0 Å². The summed E-state index contributed by atoms with van der Waals surface area (Å²) in [5.74, 6) is 0.0165. The Morgan fingerprint density at radius 2 is 2.28 bits per heavy atom. The molecular formula is C13H18FNO2S. The first-order chi connectivity index (χ1) is 8.67. The summed E-state index contributed by atoms with van der Waals surface area (Å²) >= 11 is 1.33. The lowest BCUT2D eigenvalue weighted by atomic mass is 10.2. The molecular weight excluding hydrogens is 253 g/mol. The maximum atomic E-state index is 13.7. The van der Waals surface area contributed by atoms with Crippen molar-refractivity contribution in [3.8, 4) is 0 Å². The molecule has 5 heteroatoms. The number of thioether (sulfide) groups is 1. The zero-order chi connectivity index (χ0) is 13.4. The van der Waals surface area contributed by atoms with Gasteiger partial charge in [-0.25, -0.2) is 4.39 Å². The van der Waals surface area contributed by atoms with E-state index in [1.54, 1.807) is 6.07 Å². The number of nitrogens with one attached hydrogen (secondary N) is 1. The van der Waals surface area contributed by atoms with Crippen LogP contribution in [0.25, 0.3) is 0 Å². The highest BCUT2D eigenvalue weighted by atomic mass is 32.2. The molecule has 100 valence electrons. The molecule has 0 unspecified atom stereocenters. The first-order valence-electron chi connectivity index (χ1n) is 5.86. The third-order valence-corrected chi connectivity index (χ3v) is 3.42. The monoisotopic (exact) mass is 271 g/mol. The van der Waals surface area contributed by atoms with Gasteiger partial charge < -0.3 is 10.1 Å². The second-order valence-corrected chi connectivity index (χ2v) is 4.86. The zero-order valence-corrected chi connectivity index (χ0v) is 11.5. The minimum atomic E-state index is -0.272. The highest BCUT2D eigenvalue weighted by Crippen LogP contribution is 2.23. The van der Waals surface area contributed by atoms with Crippen LogP contribution >= 0.6 is 11.8 Å². The van der Waals surface area contributed by atoms with Crippen molar-refractivity contribution in [2.24, 2.45) is 0 Å². The minimum absolute atomic E-state index is 0.236. The predicted molar refractivity (Wildman–Crippen MR) is 71.1 cm³/mol. The van der Waals surface area contributed by atoms with Crippen molar-refractivity contribution in [1.82, 2.24) is 5.32 Å². The number of hydrogen-bond acceptors (Lipinski definition) is 4. The van der Waals surface area contributed by atoms with Crippen molar-refractivity contribution in [3.05, 3.63) is 29.6 Å². The first kappa shape index (κ1) is 15.0. The number of esters is 1. The Hall–Kier alpha value is -1.07. The average molecular weight is 271 g/mol. The minimum Gasteiger partial charge on any atom is -0.469 e. The summed E-state index contributed by atoms with van der Waals surface area (Å²) in [6, 6.07) is 5.18. The fourth-order valence-electron chi connectivity index (χ4n) is 1.39. The van der Waals surface area contributed by atoms with E-state index in [9.17, 15) is 9.18 Å². The zero-order valence-electron chi connectivity index (χ0n) is 10.7. The van der Waals surface area contributed by atoms with Gasteiger partial charge in [0.15, 0.2) is 0 Å². The summed E-state index contributed by atoms with van der Waals surface area (Å²) in [7, 11) is 1.35. The van der Waals surface area contributed by atoms with E-state index < -0.39 is 0 Å². The van der Waals surface area contributed by atoms with E-state index in [1.165, 1.54) is 24.9 Å². The molecule has 0 saturated heterocycles. The third-order valence-electron chi connectivity index (χ3n) is 2.37. The van der Waals surface area contributed by atoms with E-state index in [1.807, 2.05) is 13.0 Å². The second kappa shape index (κ2) is 8.11. The molecule has 1 rings (SSSR count). The molecule has 0 bridgehead atoms. The van der Waals surface area contributed by atoms with E-state index in [2.05, 4.69) is 10.1 Å². The van der Waals surface area contributed by atoms with Crippen LogP contribution < -0.4 is 5.32 Å². The molecule has 3 nitrogen and oxygen atoms in total. The van der Waals surface area contributed by atoms with Gasteiger partial charge in [0.05, 0.1) is 13.5 Å². The topological polar surface area (TPSA) is 38.3 Å². The number of carbonyl (C=O) groups is 1. The van der Waals surface area contributed by atoms with Crippen LogP contribution in [0.1, 0.15) is 18.9 Å². The normalized spacial score (nSPS) is 10.4. The van der Waals surface area contributed by atoms with Gasteiger partial charge in [0.1, 0.15) is 5.82 Å². The molecule has 0 aliphatic heterocycles. The van der Waals surface area contributed by atoms with Gasteiger partial charge in [-0.2, -0.15) is 0 Å². The number of methoxy groups -OCH3 is 1. The van der Waals surface area contributed by atoms with E-state index in [0.717, 1.165) is 12.1 Å². The summed E-state index contributed by atoms with van der Waals surface area (Å²) in [6.45, 7) is 3.53. The van der Waals surface area contributed by atoms with Crippen LogP contribution in [0.5, 0.6) is 0 Å². The van der Waals surface area contributed by atoms with Crippen LogP contribution in [0, 0.1) is 5.82 Å². The van der Waals surface area contributed by atoms with Gasteiger partial charge in [0.2, 0.25) is 0 Å². The van der Waals surface area contributed by atoms with Gasteiger partial charge in [-0.15, -0.1) is 11.8 Å². The maximum absolute atomic E-state index is 13.7. The molecule has 1 N–H and O–H groups in total. The van der Waals surface area contributed by atoms with Crippen molar-refractivity contribution >= 4 is 17.7 Å². The highest BCUT2D eigenvalue weighted by molar-refractivity contribution is 7.99. The molecule has 0 aromatic heterocycles. The number of rotatable bonds is 7. The quantitative estimate of drug-likeness (QED) is 0.611. The molecule has 0 saturated carbocycles. The Kier molecular flexibility index (Phi) is 6.75. The Morgan fingerprint density at radius 3 is 2.89 bits per heavy atom. The lowest BCUT2D eigenvalue weighted by Gasteiger charge is -2.06. The van der Waals surface area contributed by atoms with Gasteiger partial charge in [0, 0.05) is 17.2 Å². The van der Waals surface area contributed by atoms with Crippen LogP contribution in [0.2, 0.25) is 0 Å². The van der Waals surface area contributed by atoms with Gasteiger partial charge in [-0.05, 0) is 24.2 Å². The van der Waals surface area contributed by atoms with Crippen LogP contribution in [-0.4, -0.2) is 25.4 Å². The standard InChI is InChI=1S/C13H18FNO2S/c1-3-15-9-10-4-5-12(11(14)8-10)18-7-6-13(16)17-2/h4-5,8,15H,3,6-7,9H2,1-2H3. The molecule has 18 heavy (non-hydrogen) atoms. The van der Waals surface area contributed by atoms with Gasteiger partial charge >= 0.3 is 5.97 Å². The summed E-state index contributed by atoms with van der Waals surface area (Å²) in [6.07, 6.45) is 0.291. The predicted octanol–water partition coefficient (Wildman–Crippen LogP) is 2.59. The average Bonchev–Trinajstić information content (AvgIpc) is 2.38. The lowest BCUT2D eigenvalue weighted by molar-refractivity contribution is -0.140. The van der Waals surface area contributed by atoms with Gasteiger partial charge in [-0.3, -0.25) is 4.79 Å². The molecule has 0 heterocycles. The largest absolute Gasteiger partial charge is 0.469 e. The van der Waals surface area contributed by atoms with Crippen LogP contribution in [0.15, 0.2) is 23.1 Å². The molecule has 0 radical (unpaired) electrons. The Bertz CT molecular complexity index is 399. The van der Waals surface area contributed by atoms with Crippen LogP contribution in [0.3, 0.4) is 0 Å². The van der Waals surface area contributed by atoms with Crippen molar-refractivity contribution in [1.29, 1.82) is 0 Å². The number of halogens is 1. The Balaban J connectivity index is 2.49.